The molecule has 1 aliphatic rings. The van der Waals surface area contributed by atoms with Gasteiger partial charge in [0.05, 0.1) is 12.7 Å². The summed E-state index contributed by atoms with van der Waals surface area (Å²) in [6.45, 7) is 7.24. The maximum atomic E-state index is 10.1. The number of ether oxygens (including phenoxy) is 1. The molecule has 1 atom stereocenters. The van der Waals surface area contributed by atoms with Crippen LogP contribution in [-0.2, 0) is 5.41 Å². The molecule has 1 unspecified atom stereocenters. The first-order valence-electron chi connectivity index (χ1n) is 5.94. The van der Waals surface area contributed by atoms with Gasteiger partial charge < -0.3 is 9.84 Å². The smallest absolute Gasteiger partial charge is 0.125 e. The van der Waals surface area contributed by atoms with Gasteiger partial charge in [-0.3, -0.25) is 0 Å². The van der Waals surface area contributed by atoms with E-state index in [1.807, 2.05) is 6.07 Å². The Balaban J connectivity index is 2.43. The molecular formula is C14H20O2. The molecule has 16 heavy (non-hydrogen) atoms. The van der Waals surface area contributed by atoms with Crippen LogP contribution in [0.3, 0.4) is 0 Å². The Hall–Kier alpha value is -1.02. The number of hydrogen-bond acceptors (Lipinski definition) is 2. The molecule has 0 fully saturated rings. The first-order valence-corrected chi connectivity index (χ1v) is 5.94. The highest BCUT2D eigenvalue weighted by Gasteiger charge is 2.21. The van der Waals surface area contributed by atoms with Crippen LogP contribution in [0.15, 0.2) is 18.2 Å². The predicted molar refractivity (Wildman–Crippen MR) is 64.8 cm³/mol. The van der Waals surface area contributed by atoms with Gasteiger partial charge in [0.2, 0.25) is 0 Å². The van der Waals surface area contributed by atoms with Crippen LogP contribution in [0.4, 0.5) is 0 Å². The maximum Gasteiger partial charge on any atom is 0.125 e. The summed E-state index contributed by atoms with van der Waals surface area (Å²) in [5.74, 6) is 0.845. The first kappa shape index (κ1) is 11.5. The zero-order valence-corrected chi connectivity index (χ0v) is 10.3. The summed E-state index contributed by atoms with van der Waals surface area (Å²) in [6.07, 6.45) is 1.33. The van der Waals surface area contributed by atoms with Gasteiger partial charge in [0.15, 0.2) is 0 Å². The van der Waals surface area contributed by atoms with Crippen LogP contribution in [0.2, 0.25) is 0 Å². The van der Waals surface area contributed by atoms with Crippen LogP contribution < -0.4 is 4.74 Å². The summed E-state index contributed by atoms with van der Waals surface area (Å²) < 4.78 is 5.63. The molecule has 0 amide bonds. The van der Waals surface area contributed by atoms with Gasteiger partial charge in [-0.1, -0.05) is 26.8 Å². The molecule has 0 bridgehead atoms. The largest absolute Gasteiger partial charge is 0.493 e. The SMILES string of the molecule is CC(C)(C)c1ccc2c(c1)C(O)CCCO2. The molecule has 0 saturated heterocycles. The average molecular weight is 220 g/mol. The summed E-state index contributed by atoms with van der Waals surface area (Å²) >= 11 is 0. The van der Waals surface area contributed by atoms with Gasteiger partial charge >= 0.3 is 0 Å². The van der Waals surface area contributed by atoms with Crippen molar-refractivity contribution in [3.63, 3.8) is 0 Å². The van der Waals surface area contributed by atoms with E-state index in [-0.39, 0.29) is 11.5 Å². The van der Waals surface area contributed by atoms with Gasteiger partial charge in [-0.15, -0.1) is 0 Å². The molecule has 1 aromatic carbocycles. The summed E-state index contributed by atoms with van der Waals surface area (Å²) in [5, 5.41) is 10.1. The van der Waals surface area contributed by atoms with E-state index in [2.05, 4.69) is 32.9 Å². The van der Waals surface area contributed by atoms with E-state index in [1.165, 1.54) is 5.56 Å². The lowest BCUT2D eigenvalue weighted by molar-refractivity contribution is 0.167. The Kier molecular flexibility index (Phi) is 2.94. The van der Waals surface area contributed by atoms with E-state index in [0.717, 1.165) is 24.2 Å². The van der Waals surface area contributed by atoms with E-state index >= 15 is 0 Å². The zero-order valence-electron chi connectivity index (χ0n) is 10.3. The third-order valence-corrected chi connectivity index (χ3v) is 3.11. The van der Waals surface area contributed by atoms with Crippen molar-refractivity contribution in [3.05, 3.63) is 29.3 Å². The van der Waals surface area contributed by atoms with Crippen molar-refractivity contribution in [1.29, 1.82) is 0 Å². The second-order valence-corrected chi connectivity index (χ2v) is 5.51. The fourth-order valence-electron chi connectivity index (χ4n) is 2.02. The van der Waals surface area contributed by atoms with E-state index in [4.69, 9.17) is 4.74 Å². The molecule has 1 aliphatic heterocycles. The fraction of sp³-hybridized carbons (Fsp3) is 0.571. The molecule has 1 N–H and O–H groups in total. The normalized spacial score (nSPS) is 20.9. The van der Waals surface area contributed by atoms with Gasteiger partial charge in [0.25, 0.3) is 0 Å². The van der Waals surface area contributed by atoms with Crippen LogP contribution in [0.1, 0.15) is 50.8 Å². The number of aliphatic hydroxyl groups excluding tert-OH is 1. The Morgan fingerprint density at radius 3 is 2.75 bits per heavy atom. The Morgan fingerprint density at radius 2 is 2.06 bits per heavy atom. The van der Waals surface area contributed by atoms with Crippen molar-refractivity contribution in [2.45, 2.75) is 45.1 Å². The number of fused-ring (bicyclic) bond motifs is 1. The van der Waals surface area contributed by atoms with Crippen LogP contribution in [0, 0.1) is 0 Å². The molecule has 2 nitrogen and oxygen atoms in total. The summed E-state index contributed by atoms with van der Waals surface area (Å²) in [5.41, 5.74) is 2.31. The van der Waals surface area contributed by atoms with Gasteiger partial charge in [0, 0.05) is 5.56 Å². The molecular weight excluding hydrogens is 200 g/mol. The van der Waals surface area contributed by atoms with Crippen molar-refractivity contribution in [3.8, 4) is 5.75 Å². The van der Waals surface area contributed by atoms with Gasteiger partial charge in [-0.2, -0.15) is 0 Å². The minimum atomic E-state index is -0.375. The minimum absolute atomic E-state index is 0.112. The predicted octanol–water partition coefficient (Wildman–Crippen LogP) is 3.19. The minimum Gasteiger partial charge on any atom is -0.493 e. The lowest BCUT2D eigenvalue weighted by atomic mass is 9.85. The summed E-state index contributed by atoms with van der Waals surface area (Å²) in [4.78, 5) is 0. The fourth-order valence-corrected chi connectivity index (χ4v) is 2.02. The van der Waals surface area contributed by atoms with Crippen LogP contribution >= 0.6 is 0 Å². The Bertz CT molecular complexity index is 377. The summed E-state index contributed by atoms with van der Waals surface area (Å²) in [6, 6.07) is 6.17. The molecule has 1 heterocycles. The van der Waals surface area contributed by atoms with Crippen molar-refractivity contribution < 1.29 is 9.84 Å². The maximum absolute atomic E-state index is 10.1. The topological polar surface area (TPSA) is 29.5 Å². The number of benzene rings is 1. The number of hydrogen-bond donors (Lipinski definition) is 1. The summed E-state index contributed by atoms with van der Waals surface area (Å²) in [7, 11) is 0. The van der Waals surface area contributed by atoms with Gasteiger partial charge in [-0.25, -0.2) is 0 Å². The van der Waals surface area contributed by atoms with E-state index < -0.39 is 0 Å². The van der Waals surface area contributed by atoms with E-state index in [9.17, 15) is 5.11 Å². The molecule has 88 valence electrons. The highest BCUT2D eigenvalue weighted by Crippen LogP contribution is 2.35. The third-order valence-electron chi connectivity index (χ3n) is 3.11. The lowest BCUT2D eigenvalue weighted by Crippen LogP contribution is -2.12. The molecule has 0 aromatic heterocycles. The van der Waals surface area contributed by atoms with E-state index in [0.29, 0.717) is 6.61 Å². The number of rotatable bonds is 0. The molecule has 0 radical (unpaired) electrons. The van der Waals surface area contributed by atoms with Crippen molar-refractivity contribution in [1.82, 2.24) is 0 Å². The second kappa shape index (κ2) is 4.10. The highest BCUT2D eigenvalue weighted by atomic mass is 16.5. The van der Waals surface area contributed by atoms with Crippen molar-refractivity contribution in [2.24, 2.45) is 0 Å². The monoisotopic (exact) mass is 220 g/mol. The van der Waals surface area contributed by atoms with Crippen molar-refractivity contribution in [2.75, 3.05) is 6.61 Å². The first-order chi connectivity index (χ1) is 7.48. The highest BCUT2D eigenvalue weighted by molar-refractivity contribution is 5.41. The Labute approximate surface area is 97.3 Å². The quantitative estimate of drug-likeness (QED) is 0.727. The van der Waals surface area contributed by atoms with Gasteiger partial charge in [-0.05, 0) is 36.0 Å². The Morgan fingerprint density at radius 1 is 1.31 bits per heavy atom. The molecule has 0 aliphatic carbocycles. The molecule has 2 rings (SSSR count). The standard InChI is InChI=1S/C14H20O2/c1-14(2,3)10-6-7-13-11(9-10)12(15)5-4-8-16-13/h6-7,9,12,15H,4-5,8H2,1-3H3. The lowest BCUT2D eigenvalue weighted by Gasteiger charge is -2.21. The molecule has 1 aromatic rings. The molecule has 0 saturated carbocycles. The van der Waals surface area contributed by atoms with Crippen molar-refractivity contribution >= 4 is 0 Å². The number of aliphatic hydroxyl groups is 1. The van der Waals surface area contributed by atoms with Crippen LogP contribution in [0.5, 0.6) is 5.75 Å². The van der Waals surface area contributed by atoms with Gasteiger partial charge in [0.1, 0.15) is 5.75 Å². The average Bonchev–Trinajstić information content (AvgIpc) is 2.39. The zero-order chi connectivity index (χ0) is 11.8. The van der Waals surface area contributed by atoms with Crippen LogP contribution in [-0.4, -0.2) is 11.7 Å². The van der Waals surface area contributed by atoms with E-state index in [1.54, 1.807) is 0 Å². The van der Waals surface area contributed by atoms with Crippen LogP contribution in [0.25, 0.3) is 0 Å². The second-order valence-electron chi connectivity index (χ2n) is 5.51. The molecule has 2 heteroatoms. The third kappa shape index (κ3) is 2.22. The molecule has 0 spiro atoms.